The predicted molar refractivity (Wildman–Crippen MR) is 85.3 cm³/mol. The second-order valence-electron chi connectivity index (χ2n) is 5.54. The molecule has 1 fully saturated rings. The van der Waals surface area contributed by atoms with Crippen molar-refractivity contribution in [3.8, 4) is 5.75 Å². The lowest BCUT2D eigenvalue weighted by Crippen LogP contribution is -2.32. The first kappa shape index (κ1) is 16.1. The maximum Gasteiger partial charge on any atom is 0.234 e. The Bertz CT molecular complexity index is 554. The van der Waals surface area contributed by atoms with Crippen LogP contribution in [0, 0.1) is 0 Å². The number of rotatable bonds is 7. The molecule has 2 N–H and O–H groups in total. The summed E-state index contributed by atoms with van der Waals surface area (Å²) in [4.78, 5) is 0. The summed E-state index contributed by atoms with van der Waals surface area (Å²) in [7, 11) is -3.34. The molecule has 0 spiro atoms. The van der Waals surface area contributed by atoms with Crippen LogP contribution in [0.1, 0.15) is 33.1 Å². The normalized spacial score (nSPS) is 20.2. The number of hydrogen-bond acceptors (Lipinski definition) is 4. The van der Waals surface area contributed by atoms with E-state index in [1.807, 2.05) is 19.9 Å². The highest BCUT2D eigenvalue weighted by molar-refractivity contribution is 7.92. The van der Waals surface area contributed by atoms with Crippen LogP contribution in [0.3, 0.4) is 0 Å². The molecule has 2 rings (SSSR count). The van der Waals surface area contributed by atoms with Crippen molar-refractivity contribution in [2.45, 2.75) is 45.3 Å². The molecule has 6 heteroatoms. The summed E-state index contributed by atoms with van der Waals surface area (Å²) in [5.74, 6) is 0.798. The lowest BCUT2D eigenvalue weighted by molar-refractivity contribution is 0.217. The van der Waals surface area contributed by atoms with E-state index in [4.69, 9.17) is 4.74 Å². The van der Waals surface area contributed by atoms with Crippen molar-refractivity contribution in [1.29, 1.82) is 0 Å². The molecule has 2 atom stereocenters. The number of nitrogens with one attached hydrogen (secondary N) is 2. The van der Waals surface area contributed by atoms with Gasteiger partial charge < -0.3 is 10.1 Å². The largest absolute Gasteiger partial charge is 0.491 e. The van der Waals surface area contributed by atoms with Crippen molar-refractivity contribution in [3.63, 3.8) is 0 Å². The van der Waals surface area contributed by atoms with E-state index in [-0.39, 0.29) is 17.9 Å². The predicted octanol–water partition coefficient (Wildman–Crippen LogP) is 2.36. The standard InChI is InChI=1S/C15H24N2O3S/c1-3-12(2)20-15-8-4-6-13(10-15)17-21(18,19)11-14-7-5-9-16-14/h4,6,8,10,12,14,16-17H,3,5,7,9,11H2,1-2H3. The Kier molecular flexibility index (Phi) is 5.47. The fourth-order valence-electron chi connectivity index (χ4n) is 2.33. The van der Waals surface area contributed by atoms with Crippen LogP contribution in [0.5, 0.6) is 5.75 Å². The quantitative estimate of drug-likeness (QED) is 0.811. The van der Waals surface area contributed by atoms with Crippen LogP contribution >= 0.6 is 0 Å². The molecule has 1 aromatic carbocycles. The third kappa shape index (κ3) is 5.21. The highest BCUT2D eigenvalue weighted by Gasteiger charge is 2.22. The number of ether oxygens (including phenoxy) is 1. The van der Waals surface area contributed by atoms with Crippen molar-refractivity contribution < 1.29 is 13.2 Å². The Labute approximate surface area is 127 Å². The average Bonchev–Trinajstić information content (AvgIpc) is 2.90. The second-order valence-corrected chi connectivity index (χ2v) is 7.31. The SMILES string of the molecule is CCC(C)Oc1cccc(NS(=O)(=O)CC2CCCN2)c1. The van der Waals surface area contributed by atoms with Gasteiger partial charge in [-0.2, -0.15) is 0 Å². The van der Waals surface area contributed by atoms with Gasteiger partial charge in [0.05, 0.1) is 17.5 Å². The molecule has 0 amide bonds. The Morgan fingerprint density at radius 1 is 1.48 bits per heavy atom. The molecule has 1 aliphatic heterocycles. The highest BCUT2D eigenvalue weighted by Crippen LogP contribution is 2.20. The molecular formula is C15H24N2O3S. The van der Waals surface area contributed by atoms with Crippen molar-refractivity contribution in [1.82, 2.24) is 5.32 Å². The smallest absolute Gasteiger partial charge is 0.234 e. The molecule has 0 aromatic heterocycles. The maximum atomic E-state index is 12.2. The fraction of sp³-hybridized carbons (Fsp3) is 0.600. The molecule has 1 saturated heterocycles. The van der Waals surface area contributed by atoms with Crippen molar-refractivity contribution in [2.24, 2.45) is 0 Å². The van der Waals surface area contributed by atoms with Crippen LogP contribution in [0.2, 0.25) is 0 Å². The molecule has 118 valence electrons. The zero-order valence-electron chi connectivity index (χ0n) is 12.6. The van der Waals surface area contributed by atoms with E-state index in [0.717, 1.165) is 25.8 Å². The summed E-state index contributed by atoms with van der Waals surface area (Å²) in [6.45, 7) is 4.94. The summed E-state index contributed by atoms with van der Waals surface area (Å²) >= 11 is 0. The van der Waals surface area contributed by atoms with Gasteiger partial charge in [0, 0.05) is 12.1 Å². The van der Waals surface area contributed by atoms with E-state index < -0.39 is 10.0 Å². The van der Waals surface area contributed by atoms with Gasteiger partial charge in [-0.05, 0) is 44.9 Å². The lowest BCUT2D eigenvalue weighted by atomic mass is 10.3. The first-order valence-electron chi connectivity index (χ1n) is 7.49. The molecule has 1 aliphatic rings. The lowest BCUT2D eigenvalue weighted by Gasteiger charge is -2.15. The number of benzene rings is 1. The number of hydrogen-bond donors (Lipinski definition) is 2. The number of sulfonamides is 1. The summed E-state index contributed by atoms with van der Waals surface area (Å²) in [6.07, 6.45) is 2.97. The van der Waals surface area contributed by atoms with Crippen molar-refractivity contribution >= 4 is 15.7 Å². The minimum Gasteiger partial charge on any atom is -0.491 e. The zero-order chi connectivity index (χ0) is 15.3. The average molecular weight is 312 g/mol. The van der Waals surface area contributed by atoms with Crippen LogP contribution < -0.4 is 14.8 Å². The summed E-state index contributed by atoms with van der Waals surface area (Å²) in [6, 6.07) is 7.16. The van der Waals surface area contributed by atoms with Gasteiger partial charge in [-0.25, -0.2) is 8.42 Å². The molecule has 0 saturated carbocycles. The third-order valence-electron chi connectivity index (χ3n) is 3.60. The first-order valence-corrected chi connectivity index (χ1v) is 9.14. The Morgan fingerprint density at radius 3 is 2.95 bits per heavy atom. The van der Waals surface area contributed by atoms with Gasteiger partial charge in [-0.15, -0.1) is 0 Å². The van der Waals surface area contributed by atoms with Crippen LogP contribution in [0.4, 0.5) is 5.69 Å². The van der Waals surface area contributed by atoms with Gasteiger partial charge in [-0.1, -0.05) is 13.0 Å². The van der Waals surface area contributed by atoms with Gasteiger partial charge in [0.1, 0.15) is 5.75 Å². The van der Waals surface area contributed by atoms with E-state index in [1.54, 1.807) is 18.2 Å². The van der Waals surface area contributed by atoms with Crippen LogP contribution in [0.15, 0.2) is 24.3 Å². The minimum atomic E-state index is -3.34. The summed E-state index contributed by atoms with van der Waals surface area (Å²) < 4.78 is 32.6. The molecule has 1 aromatic rings. The fourth-order valence-corrected chi connectivity index (χ4v) is 3.72. The molecule has 5 nitrogen and oxygen atoms in total. The molecule has 21 heavy (non-hydrogen) atoms. The molecule has 0 aliphatic carbocycles. The molecular weight excluding hydrogens is 288 g/mol. The van der Waals surface area contributed by atoms with Gasteiger partial charge >= 0.3 is 0 Å². The highest BCUT2D eigenvalue weighted by atomic mass is 32.2. The Hall–Kier alpha value is -1.27. The third-order valence-corrected chi connectivity index (χ3v) is 4.99. The van der Waals surface area contributed by atoms with E-state index in [9.17, 15) is 8.42 Å². The van der Waals surface area contributed by atoms with Crippen LogP contribution in [-0.2, 0) is 10.0 Å². The van der Waals surface area contributed by atoms with Gasteiger partial charge in [-0.3, -0.25) is 4.72 Å². The minimum absolute atomic E-state index is 0.0575. The molecule has 2 unspecified atom stereocenters. The monoisotopic (exact) mass is 312 g/mol. The number of anilines is 1. The first-order chi connectivity index (χ1) is 9.98. The summed E-state index contributed by atoms with van der Waals surface area (Å²) in [5, 5.41) is 3.20. The van der Waals surface area contributed by atoms with Crippen molar-refractivity contribution in [2.75, 3.05) is 17.0 Å². The van der Waals surface area contributed by atoms with Crippen LogP contribution in [0.25, 0.3) is 0 Å². The van der Waals surface area contributed by atoms with E-state index >= 15 is 0 Å². The molecule has 1 heterocycles. The van der Waals surface area contributed by atoms with Crippen LogP contribution in [-0.4, -0.2) is 32.9 Å². The zero-order valence-corrected chi connectivity index (χ0v) is 13.4. The molecule has 0 bridgehead atoms. The van der Waals surface area contributed by atoms with E-state index in [0.29, 0.717) is 11.4 Å². The Balaban J connectivity index is 1.99. The molecule has 0 radical (unpaired) electrons. The van der Waals surface area contributed by atoms with Gasteiger partial charge in [0.15, 0.2) is 0 Å². The van der Waals surface area contributed by atoms with E-state index in [1.165, 1.54) is 0 Å². The van der Waals surface area contributed by atoms with Gasteiger partial charge in [0.2, 0.25) is 10.0 Å². The Morgan fingerprint density at radius 2 is 2.29 bits per heavy atom. The summed E-state index contributed by atoms with van der Waals surface area (Å²) in [5.41, 5.74) is 0.550. The van der Waals surface area contributed by atoms with E-state index in [2.05, 4.69) is 10.0 Å². The second kappa shape index (κ2) is 7.13. The topological polar surface area (TPSA) is 67.4 Å². The van der Waals surface area contributed by atoms with Gasteiger partial charge in [0.25, 0.3) is 0 Å². The maximum absolute atomic E-state index is 12.2. The van der Waals surface area contributed by atoms with Crippen molar-refractivity contribution in [3.05, 3.63) is 24.3 Å².